The van der Waals surface area contributed by atoms with Crippen LogP contribution in [0.1, 0.15) is 28.0 Å². The lowest BCUT2D eigenvalue weighted by Gasteiger charge is -2.07. The number of rotatable bonds is 3. The molecule has 1 aromatic rings. The first-order valence-electron chi connectivity index (χ1n) is 4.08. The number of alkyl halides is 2. The van der Waals surface area contributed by atoms with Crippen LogP contribution < -0.4 is 5.73 Å². The maximum Gasteiger partial charge on any atom is 0.285 e. The number of primary amides is 1. The number of nitrogens with zero attached hydrogens (tertiary/aromatic N) is 2. The van der Waals surface area contributed by atoms with E-state index in [2.05, 4.69) is 4.98 Å². The molecule has 6 nitrogen and oxygen atoms in total. The molecule has 0 aliphatic rings. The smallest absolute Gasteiger partial charge is 0.285 e. The van der Waals surface area contributed by atoms with Crippen LogP contribution in [0, 0.1) is 17.0 Å². The summed E-state index contributed by atoms with van der Waals surface area (Å²) in [6.07, 6.45) is -2.22. The van der Waals surface area contributed by atoms with Crippen LogP contribution in [-0.2, 0) is 0 Å². The minimum Gasteiger partial charge on any atom is -0.364 e. The lowest BCUT2D eigenvalue weighted by molar-refractivity contribution is -0.387. The standard InChI is InChI=1S/C8H7F2N3O3/c1-3-2-12-5(8(11)14)4(7(9)10)6(3)13(15)16/h2,7H,1H3,(H2,11,14). The quantitative estimate of drug-likeness (QED) is 0.626. The van der Waals surface area contributed by atoms with Gasteiger partial charge in [0.1, 0.15) is 11.3 Å². The van der Waals surface area contributed by atoms with E-state index in [4.69, 9.17) is 5.73 Å². The van der Waals surface area contributed by atoms with Gasteiger partial charge < -0.3 is 5.73 Å². The monoisotopic (exact) mass is 231 g/mol. The second-order valence-electron chi connectivity index (χ2n) is 2.97. The Balaban J connectivity index is 3.63. The molecule has 2 N–H and O–H groups in total. The first kappa shape index (κ1) is 12.0. The number of aryl methyl sites for hydroxylation is 1. The van der Waals surface area contributed by atoms with Gasteiger partial charge >= 0.3 is 0 Å². The van der Waals surface area contributed by atoms with Gasteiger partial charge in [0.05, 0.1) is 4.92 Å². The van der Waals surface area contributed by atoms with Gasteiger partial charge in [0.25, 0.3) is 18.0 Å². The number of halogens is 2. The van der Waals surface area contributed by atoms with Gasteiger partial charge in [0.2, 0.25) is 0 Å². The minimum atomic E-state index is -3.18. The van der Waals surface area contributed by atoms with Crippen LogP contribution >= 0.6 is 0 Å². The molecule has 0 spiro atoms. The molecule has 0 saturated carbocycles. The number of hydrogen-bond acceptors (Lipinski definition) is 4. The Labute approximate surface area is 88.2 Å². The van der Waals surface area contributed by atoms with Crippen molar-refractivity contribution in [2.75, 3.05) is 0 Å². The topological polar surface area (TPSA) is 99.1 Å². The SMILES string of the molecule is Cc1cnc(C(N)=O)c(C(F)F)c1[N+](=O)[O-]. The third-order valence-corrected chi connectivity index (χ3v) is 1.91. The summed E-state index contributed by atoms with van der Waals surface area (Å²) in [4.78, 5) is 23.8. The molecule has 86 valence electrons. The average Bonchev–Trinajstić information content (AvgIpc) is 2.15. The first-order valence-corrected chi connectivity index (χ1v) is 4.08. The van der Waals surface area contributed by atoms with Crippen LogP contribution in [0.2, 0.25) is 0 Å². The van der Waals surface area contributed by atoms with Crippen molar-refractivity contribution in [3.63, 3.8) is 0 Å². The van der Waals surface area contributed by atoms with E-state index in [-0.39, 0.29) is 5.56 Å². The zero-order valence-corrected chi connectivity index (χ0v) is 8.11. The van der Waals surface area contributed by atoms with E-state index in [0.29, 0.717) is 0 Å². The summed E-state index contributed by atoms with van der Waals surface area (Å²) >= 11 is 0. The van der Waals surface area contributed by atoms with E-state index in [1.54, 1.807) is 0 Å². The van der Waals surface area contributed by atoms with E-state index >= 15 is 0 Å². The molecule has 0 aromatic carbocycles. The first-order chi connectivity index (χ1) is 7.36. The lowest BCUT2D eigenvalue weighted by atomic mass is 10.1. The van der Waals surface area contributed by atoms with Crippen molar-refractivity contribution in [3.05, 3.63) is 33.1 Å². The van der Waals surface area contributed by atoms with Crippen LogP contribution in [0.4, 0.5) is 14.5 Å². The molecule has 8 heteroatoms. The van der Waals surface area contributed by atoms with Gasteiger partial charge in [0, 0.05) is 11.8 Å². The van der Waals surface area contributed by atoms with Crippen molar-refractivity contribution >= 4 is 11.6 Å². The van der Waals surface area contributed by atoms with Crippen molar-refractivity contribution in [1.82, 2.24) is 4.98 Å². The summed E-state index contributed by atoms with van der Waals surface area (Å²) in [5.41, 5.74) is 2.14. The maximum absolute atomic E-state index is 12.6. The van der Waals surface area contributed by atoms with E-state index < -0.39 is 34.2 Å². The van der Waals surface area contributed by atoms with Gasteiger partial charge in [-0.3, -0.25) is 14.9 Å². The number of pyridine rings is 1. The second-order valence-corrected chi connectivity index (χ2v) is 2.97. The van der Waals surface area contributed by atoms with Crippen molar-refractivity contribution < 1.29 is 18.5 Å². The Morgan fingerprint density at radius 1 is 1.62 bits per heavy atom. The van der Waals surface area contributed by atoms with Crippen molar-refractivity contribution in [3.8, 4) is 0 Å². The second kappa shape index (κ2) is 4.17. The zero-order valence-electron chi connectivity index (χ0n) is 8.11. The van der Waals surface area contributed by atoms with Crippen molar-refractivity contribution in [1.29, 1.82) is 0 Å². The molecule has 16 heavy (non-hydrogen) atoms. The number of aromatic nitrogens is 1. The lowest BCUT2D eigenvalue weighted by Crippen LogP contribution is -2.18. The number of hydrogen-bond donors (Lipinski definition) is 1. The van der Waals surface area contributed by atoms with E-state index in [9.17, 15) is 23.7 Å². The zero-order chi connectivity index (χ0) is 12.5. The minimum absolute atomic E-state index is 0.0506. The molecule has 1 aromatic heterocycles. The predicted molar refractivity (Wildman–Crippen MR) is 49.1 cm³/mol. The molecular weight excluding hydrogens is 224 g/mol. The molecule has 0 radical (unpaired) electrons. The largest absolute Gasteiger partial charge is 0.364 e. The van der Waals surface area contributed by atoms with E-state index in [1.807, 2.05) is 0 Å². The maximum atomic E-state index is 12.6. The fourth-order valence-electron chi connectivity index (χ4n) is 1.26. The predicted octanol–water partition coefficient (Wildman–Crippen LogP) is 1.33. The average molecular weight is 231 g/mol. The van der Waals surface area contributed by atoms with Crippen molar-refractivity contribution in [2.45, 2.75) is 13.3 Å². The highest BCUT2D eigenvalue weighted by Gasteiger charge is 2.30. The molecule has 0 fully saturated rings. The number of nitrogens with two attached hydrogens (primary N) is 1. The third-order valence-electron chi connectivity index (χ3n) is 1.91. The van der Waals surface area contributed by atoms with E-state index in [1.165, 1.54) is 6.92 Å². The molecular formula is C8H7F2N3O3. The summed E-state index contributed by atoms with van der Waals surface area (Å²) in [7, 11) is 0. The Morgan fingerprint density at radius 2 is 2.19 bits per heavy atom. The molecule has 1 rings (SSSR count). The number of carbonyl (C=O) groups is 1. The molecule has 0 saturated heterocycles. The van der Waals surface area contributed by atoms with Gasteiger partial charge in [-0.25, -0.2) is 13.8 Å². The highest BCUT2D eigenvalue weighted by molar-refractivity contribution is 5.93. The van der Waals surface area contributed by atoms with Crippen LogP contribution in [0.25, 0.3) is 0 Å². The van der Waals surface area contributed by atoms with Crippen molar-refractivity contribution in [2.24, 2.45) is 5.73 Å². The number of nitro groups is 1. The molecule has 0 bridgehead atoms. The highest BCUT2D eigenvalue weighted by Crippen LogP contribution is 2.33. The summed E-state index contributed by atoms with van der Waals surface area (Å²) in [5, 5.41) is 10.6. The van der Waals surface area contributed by atoms with Crippen LogP contribution in [0.5, 0.6) is 0 Å². The molecule has 1 heterocycles. The highest BCUT2D eigenvalue weighted by atomic mass is 19.3. The Morgan fingerprint density at radius 3 is 2.56 bits per heavy atom. The molecule has 0 aliphatic carbocycles. The Hall–Kier alpha value is -2.12. The third kappa shape index (κ3) is 1.95. The summed E-state index contributed by atoms with van der Waals surface area (Å²) in [5.74, 6) is -1.22. The van der Waals surface area contributed by atoms with Crippen LogP contribution in [0.3, 0.4) is 0 Å². The Kier molecular flexibility index (Phi) is 3.11. The fraction of sp³-hybridized carbons (Fsp3) is 0.250. The molecule has 0 unspecified atom stereocenters. The van der Waals surface area contributed by atoms with Crippen LogP contribution in [-0.4, -0.2) is 15.8 Å². The van der Waals surface area contributed by atoms with Gasteiger partial charge in [-0.2, -0.15) is 0 Å². The van der Waals surface area contributed by atoms with Gasteiger partial charge in [-0.1, -0.05) is 0 Å². The molecule has 1 amide bonds. The number of carbonyl (C=O) groups excluding carboxylic acids is 1. The Bertz CT molecular complexity index is 462. The summed E-state index contributed by atoms with van der Waals surface area (Å²) in [6, 6.07) is 0. The number of amides is 1. The van der Waals surface area contributed by atoms with Crippen LogP contribution in [0.15, 0.2) is 6.20 Å². The fourth-order valence-corrected chi connectivity index (χ4v) is 1.26. The molecule has 0 atom stereocenters. The normalized spacial score (nSPS) is 10.5. The van der Waals surface area contributed by atoms with E-state index in [0.717, 1.165) is 6.20 Å². The molecule has 0 aliphatic heterocycles. The summed E-state index contributed by atoms with van der Waals surface area (Å²) < 4.78 is 25.3. The van der Waals surface area contributed by atoms with Gasteiger partial charge in [-0.05, 0) is 6.92 Å². The van der Waals surface area contributed by atoms with Gasteiger partial charge in [0.15, 0.2) is 0 Å². The summed E-state index contributed by atoms with van der Waals surface area (Å²) in [6.45, 7) is 1.25. The van der Waals surface area contributed by atoms with Gasteiger partial charge in [-0.15, -0.1) is 0 Å².